The lowest BCUT2D eigenvalue weighted by Crippen LogP contribution is -2.63. The van der Waals surface area contributed by atoms with Crippen molar-refractivity contribution in [2.45, 2.75) is 76.5 Å². The number of hydrogen-bond donors (Lipinski definition) is 3. The summed E-state index contributed by atoms with van der Waals surface area (Å²) >= 11 is 0. The molecule has 0 aromatic heterocycles. The average Bonchev–Trinajstić information content (AvgIpc) is 2.13. The third-order valence-electron chi connectivity index (χ3n) is 3.96. The lowest BCUT2D eigenvalue weighted by atomic mass is 9.79. The highest BCUT2D eigenvalue weighted by molar-refractivity contribution is 5.00. The molecule has 3 heteroatoms. The van der Waals surface area contributed by atoms with E-state index in [-0.39, 0.29) is 11.1 Å². The van der Waals surface area contributed by atoms with Crippen LogP contribution >= 0.6 is 0 Å². The van der Waals surface area contributed by atoms with E-state index >= 15 is 0 Å². The molecular formula is C14H29N3. The molecule has 2 heterocycles. The molecule has 0 bridgehead atoms. The second kappa shape index (κ2) is 4.87. The highest BCUT2D eigenvalue weighted by Gasteiger charge is 2.38. The van der Waals surface area contributed by atoms with Gasteiger partial charge in [-0.25, -0.2) is 0 Å². The number of rotatable bonds is 2. The summed E-state index contributed by atoms with van der Waals surface area (Å²) in [5.74, 6) is 0. The fraction of sp³-hybridized carbons (Fsp3) is 1.00. The fourth-order valence-electron chi connectivity index (χ4n) is 3.77. The zero-order valence-corrected chi connectivity index (χ0v) is 11.9. The van der Waals surface area contributed by atoms with Gasteiger partial charge in [-0.1, -0.05) is 0 Å². The average molecular weight is 239 g/mol. The van der Waals surface area contributed by atoms with Gasteiger partial charge in [-0.05, 0) is 59.9 Å². The van der Waals surface area contributed by atoms with Crippen molar-refractivity contribution < 1.29 is 0 Å². The van der Waals surface area contributed by atoms with Crippen molar-refractivity contribution >= 4 is 0 Å². The van der Waals surface area contributed by atoms with Gasteiger partial charge in [0.2, 0.25) is 0 Å². The monoisotopic (exact) mass is 239 g/mol. The minimum Gasteiger partial charge on any atom is -0.315 e. The van der Waals surface area contributed by atoms with E-state index in [1.54, 1.807) is 0 Å². The molecule has 0 aliphatic carbocycles. The van der Waals surface area contributed by atoms with E-state index in [1.165, 1.54) is 32.2 Å². The van der Waals surface area contributed by atoms with Gasteiger partial charge in [0.1, 0.15) is 0 Å². The first-order valence-electron chi connectivity index (χ1n) is 7.12. The van der Waals surface area contributed by atoms with Crippen LogP contribution in [0.25, 0.3) is 0 Å². The van der Waals surface area contributed by atoms with E-state index in [1.807, 2.05) is 0 Å². The maximum absolute atomic E-state index is 3.87. The first kappa shape index (κ1) is 13.3. The molecule has 3 N–H and O–H groups in total. The van der Waals surface area contributed by atoms with Gasteiger partial charge in [0, 0.05) is 29.7 Å². The zero-order valence-electron chi connectivity index (χ0n) is 11.9. The third kappa shape index (κ3) is 3.94. The molecule has 0 amide bonds. The predicted molar refractivity (Wildman–Crippen MR) is 73.3 cm³/mol. The highest BCUT2D eigenvalue weighted by atomic mass is 15.1. The van der Waals surface area contributed by atoms with Crippen LogP contribution in [0, 0.1) is 0 Å². The molecule has 0 spiro atoms. The Morgan fingerprint density at radius 2 is 1.65 bits per heavy atom. The highest BCUT2D eigenvalue weighted by Crippen LogP contribution is 2.28. The molecule has 2 aliphatic heterocycles. The molecule has 0 aromatic carbocycles. The Labute approximate surface area is 106 Å². The Bertz CT molecular complexity index is 238. The Morgan fingerprint density at radius 1 is 1.00 bits per heavy atom. The Balaban J connectivity index is 1.91. The normalized spacial score (nSPS) is 33.5. The summed E-state index contributed by atoms with van der Waals surface area (Å²) in [6.45, 7) is 11.6. The van der Waals surface area contributed by atoms with E-state index in [4.69, 9.17) is 0 Å². The lowest BCUT2D eigenvalue weighted by molar-refractivity contribution is 0.136. The van der Waals surface area contributed by atoms with Crippen LogP contribution in [0.5, 0.6) is 0 Å². The van der Waals surface area contributed by atoms with Gasteiger partial charge in [0.15, 0.2) is 0 Å². The van der Waals surface area contributed by atoms with Gasteiger partial charge >= 0.3 is 0 Å². The van der Waals surface area contributed by atoms with Crippen LogP contribution in [0.4, 0.5) is 0 Å². The van der Waals surface area contributed by atoms with Gasteiger partial charge in [0.25, 0.3) is 0 Å². The third-order valence-corrected chi connectivity index (χ3v) is 3.96. The summed E-state index contributed by atoms with van der Waals surface area (Å²) in [6, 6.07) is 1.34. The smallest absolute Gasteiger partial charge is 0.0195 e. The molecule has 0 radical (unpaired) electrons. The Hall–Kier alpha value is -0.120. The standard InChI is InChI=1S/C14H29N3/c1-13(2)8-12(9-14(3,4)17-13)16-11-6-5-7-15-10-11/h11-12,15-17H,5-10H2,1-4H3. The SMILES string of the molecule is CC1(C)CC(NC2CCCNC2)CC(C)(C)N1. The summed E-state index contributed by atoms with van der Waals surface area (Å²) in [6.07, 6.45) is 5.10. The van der Waals surface area contributed by atoms with Crippen LogP contribution in [0.3, 0.4) is 0 Å². The van der Waals surface area contributed by atoms with Crippen molar-refractivity contribution in [2.75, 3.05) is 13.1 Å². The molecule has 1 unspecified atom stereocenters. The Morgan fingerprint density at radius 3 is 2.18 bits per heavy atom. The molecule has 17 heavy (non-hydrogen) atoms. The van der Waals surface area contributed by atoms with Gasteiger partial charge < -0.3 is 16.0 Å². The van der Waals surface area contributed by atoms with Crippen LogP contribution in [-0.4, -0.2) is 36.3 Å². The van der Waals surface area contributed by atoms with Crippen molar-refractivity contribution in [1.29, 1.82) is 0 Å². The first-order chi connectivity index (χ1) is 7.86. The van der Waals surface area contributed by atoms with Crippen molar-refractivity contribution in [3.63, 3.8) is 0 Å². The minimum absolute atomic E-state index is 0.252. The van der Waals surface area contributed by atoms with Crippen molar-refractivity contribution in [3.8, 4) is 0 Å². The van der Waals surface area contributed by atoms with Crippen LogP contribution in [0.1, 0.15) is 53.4 Å². The van der Waals surface area contributed by atoms with Crippen LogP contribution in [0.2, 0.25) is 0 Å². The lowest BCUT2D eigenvalue weighted by Gasteiger charge is -2.47. The van der Waals surface area contributed by atoms with Gasteiger partial charge in [-0.15, -0.1) is 0 Å². The molecule has 0 saturated carbocycles. The largest absolute Gasteiger partial charge is 0.315 e. The van der Waals surface area contributed by atoms with Crippen LogP contribution < -0.4 is 16.0 Å². The van der Waals surface area contributed by atoms with Gasteiger partial charge in [0.05, 0.1) is 0 Å². The molecule has 2 fully saturated rings. The molecule has 3 nitrogen and oxygen atoms in total. The van der Waals surface area contributed by atoms with E-state index in [0.717, 1.165) is 6.54 Å². The summed E-state index contributed by atoms with van der Waals surface area (Å²) < 4.78 is 0. The molecule has 2 aliphatic rings. The second-order valence-electron chi connectivity index (χ2n) is 7.21. The first-order valence-corrected chi connectivity index (χ1v) is 7.12. The van der Waals surface area contributed by atoms with Gasteiger partial charge in [-0.3, -0.25) is 0 Å². The van der Waals surface area contributed by atoms with E-state index in [2.05, 4.69) is 43.6 Å². The van der Waals surface area contributed by atoms with Crippen LogP contribution in [-0.2, 0) is 0 Å². The topological polar surface area (TPSA) is 36.1 Å². The van der Waals surface area contributed by atoms with Crippen LogP contribution in [0.15, 0.2) is 0 Å². The molecule has 0 aromatic rings. The number of piperidine rings is 2. The summed E-state index contributed by atoms with van der Waals surface area (Å²) in [5, 5.41) is 11.1. The second-order valence-corrected chi connectivity index (χ2v) is 7.21. The van der Waals surface area contributed by atoms with Crippen molar-refractivity contribution in [3.05, 3.63) is 0 Å². The minimum atomic E-state index is 0.252. The van der Waals surface area contributed by atoms with E-state index < -0.39 is 0 Å². The molecular weight excluding hydrogens is 210 g/mol. The molecule has 1 atom stereocenters. The summed E-state index contributed by atoms with van der Waals surface area (Å²) in [4.78, 5) is 0. The van der Waals surface area contributed by atoms with Crippen molar-refractivity contribution in [1.82, 2.24) is 16.0 Å². The van der Waals surface area contributed by atoms with E-state index in [9.17, 15) is 0 Å². The number of nitrogens with one attached hydrogen (secondary N) is 3. The van der Waals surface area contributed by atoms with Crippen molar-refractivity contribution in [2.24, 2.45) is 0 Å². The maximum Gasteiger partial charge on any atom is 0.0195 e. The molecule has 100 valence electrons. The summed E-state index contributed by atoms with van der Waals surface area (Å²) in [5.41, 5.74) is 0.503. The maximum atomic E-state index is 3.87. The number of hydrogen-bond acceptors (Lipinski definition) is 3. The van der Waals surface area contributed by atoms with Gasteiger partial charge in [-0.2, -0.15) is 0 Å². The Kier molecular flexibility index (Phi) is 3.81. The predicted octanol–water partition coefficient (Wildman–Crippen LogP) is 1.64. The molecule has 2 saturated heterocycles. The molecule has 2 rings (SSSR count). The fourth-order valence-corrected chi connectivity index (χ4v) is 3.77. The zero-order chi connectivity index (χ0) is 12.5. The summed E-state index contributed by atoms with van der Waals surface area (Å²) in [7, 11) is 0. The van der Waals surface area contributed by atoms with E-state index in [0.29, 0.717) is 12.1 Å². The quantitative estimate of drug-likeness (QED) is 0.685.